The number of carbonyl (C=O) groups is 2. The van der Waals surface area contributed by atoms with Crippen molar-refractivity contribution in [3.8, 4) is 0 Å². The van der Waals surface area contributed by atoms with Crippen molar-refractivity contribution in [1.82, 2.24) is 10.2 Å². The highest BCUT2D eigenvalue weighted by Crippen LogP contribution is 2.17. The van der Waals surface area contributed by atoms with Crippen molar-refractivity contribution in [3.63, 3.8) is 0 Å². The van der Waals surface area contributed by atoms with Gasteiger partial charge in [-0.2, -0.15) is 0 Å². The van der Waals surface area contributed by atoms with Crippen molar-refractivity contribution >= 4 is 11.8 Å². The lowest BCUT2D eigenvalue weighted by Gasteiger charge is -2.33. The molecule has 0 aromatic rings. The van der Waals surface area contributed by atoms with Gasteiger partial charge in [-0.25, -0.2) is 0 Å². The van der Waals surface area contributed by atoms with Gasteiger partial charge in [0, 0.05) is 30.1 Å². The van der Waals surface area contributed by atoms with Gasteiger partial charge in [-0.15, -0.1) is 0 Å². The Kier molecular flexibility index (Phi) is 8.67. The van der Waals surface area contributed by atoms with Crippen LogP contribution in [-0.4, -0.2) is 28.8 Å². The fourth-order valence-electron chi connectivity index (χ4n) is 2.35. The summed E-state index contributed by atoms with van der Waals surface area (Å²) in [6.45, 7) is 15.4. The Morgan fingerprint density at radius 1 is 1.14 bits per heavy atom. The maximum absolute atomic E-state index is 12.6. The molecule has 0 fully saturated rings. The van der Waals surface area contributed by atoms with Gasteiger partial charge in [-0.3, -0.25) is 9.59 Å². The van der Waals surface area contributed by atoms with Crippen molar-refractivity contribution in [2.24, 2.45) is 5.92 Å². The molecule has 0 aliphatic rings. The fourth-order valence-corrected chi connectivity index (χ4v) is 2.35. The molecule has 0 heterocycles. The largest absolute Gasteiger partial charge is 0.338 e. The Morgan fingerprint density at radius 2 is 1.67 bits per heavy atom. The van der Waals surface area contributed by atoms with Crippen LogP contribution in [0.2, 0.25) is 0 Å². The summed E-state index contributed by atoms with van der Waals surface area (Å²) in [6.07, 6.45) is 4.31. The lowest BCUT2D eigenvalue weighted by molar-refractivity contribution is -0.138. The average Bonchev–Trinajstić information content (AvgIpc) is 2.37. The molecule has 120 valence electrons. The van der Waals surface area contributed by atoms with Crippen LogP contribution in [-0.2, 0) is 9.59 Å². The van der Waals surface area contributed by atoms with E-state index in [9.17, 15) is 9.59 Å². The van der Waals surface area contributed by atoms with E-state index < -0.39 is 0 Å². The van der Waals surface area contributed by atoms with Gasteiger partial charge in [-0.1, -0.05) is 26.5 Å². The van der Waals surface area contributed by atoms with Gasteiger partial charge in [0.25, 0.3) is 0 Å². The van der Waals surface area contributed by atoms with Gasteiger partial charge in [0.15, 0.2) is 0 Å². The molecule has 1 atom stereocenters. The number of amides is 2. The molecule has 0 aromatic carbocycles. The van der Waals surface area contributed by atoms with Crippen LogP contribution in [0.1, 0.15) is 54.4 Å². The molecule has 0 aliphatic heterocycles. The maximum atomic E-state index is 12.6. The van der Waals surface area contributed by atoms with Crippen LogP contribution in [0, 0.1) is 5.92 Å². The maximum Gasteiger partial charge on any atom is 0.226 e. The monoisotopic (exact) mass is 294 g/mol. The van der Waals surface area contributed by atoms with Crippen molar-refractivity contribution in [2.75, 3.05) is 0 Å². The predicted molar refractivity (Wildman–Crippen MR) is 87.6 cm³/mol. The molecular formula is C17H30N2O2. The van der Waals surface area contributed by atoms with Crippen molar-refractivity contribution < 1.29 is 9.59 Å². The van der Waals surface area contributed by atoms with Gasteiger partial charge in [0.05, 0.1) is 0 Å². The van der Waals surface area contributed by atoms with Crippen LogP contribution in [0.25, 0.3) is 0 Å². The standard InChI is InChI=1S/C17H30N2O2/c1-8-10-15(18-16(20)9-2)11-14(7)17(21)19(12(3)4)13(5)6/h8,10,12-14H,1,9,11H2,2-7H3,(H,18,20)/b15-10+. The summed E-state index contributed by atoms with van der Waals surface area (Å²) in [6, 6.07) is 0.328. The van der Waals surface area contributed by atoms with Crippen LogP contribution in [0.4, 0.5) is 0 Å². The first-order valence-corrected chi connectivity index (χ1v) is 7.68. The van der Waals surface area contributed by atoms with Gasteiger partial charge in [0.1, 0.15) is 0 Å². The smallest absolute Gasteiger partial charge is 0.226 e. The van der Waals surface area contributed by atoms with Crippen LogP contribution < -0.4 is 5.32 Å². The van der Waals surface area contributed by atoms with Gasteiger partial charge < -0.3 is 10.2 Å². The van der Waals surface area contributed by atoms with Gasteiger partial charge in [-0.05, 0) is 40.2 Å². The highest BCUT2D eigenvalue weighted by Gasteiger charge is 2.25. The summed E-state index contributed by atoms with van der Waals surface area (Å²) in [7, 11) is 0. The summed E-state index contributed by atoms with van der Waals surface area (Å²) in [5, 5.41) is 2.83. The Hall–Kier alpha value is -1.58. The number of nitrogens with one attached hydrogen (secondary N) is 1. The van der Waals surface area contributed by atoms with E-state index in [1.807, 2.05) is 39.5 Å². The van der Waals surface area contributed by atoms with E-state index in [0.29, 0.717) is 12.8 Å². The van der Waals surface area contributed by atoms with E-state index in [1.165, 1.54) is 0 Å². The summed E-state index contributed by atoms with van der Waals surface area (Å²) in [5.41, 5.74) is 0.741. The van der Waals surface area contributed by atoms with Crippen LogP contribution in [0.3, 0.4) is 0 Å². The lowest BCUT2D eigenvalue weighted by Crippen LogP contribution is -2.45. The minimum atomic E-state index is -0.182. The van der Waals surface area contributed by atoms with Crippen LogP contribution in [0.5, 0.6) is 0 Å². The summed E-state index contributed by atoms with van der Waals surface area (Å²) >= 11 is 0. The van der Waals surface area contributed by atoms with Crippen molar-refractivity contribution in [3.05, 3.63) is 24.4 Å². The molecule has 4 heteroatoms. The van der Waals surface area contributed by atoms with E-state index in [0.717, 1.165) is 5.70 Å². The zero-order valence-electron chi connectivity index (χ0n) is 14.3. The third-order valence-corrected chi connectivity index (χ3v) is 3.25. The first-order chi connectivity index (χ1) is 9.74. The zero-order valence-corrected chi connectivity index (χ0v) is 14.3. The predicted octanol–water partition coefficient (Wildman–Crippen LogP) is 3.25. The van der Waals surface area contributed by atoms with Gasteiger partial charge >= 0.3 is 0 Å². The molecule has 4 nitrogen and oxygen atoms in total. The molecule has 21 heavy (non-hydrogen) atoms. The average molecular weight is 294 g/mol. The SMILES string of the molecule is C=C/C=C(\CC(C)C(=O)N(C(C)C)C(C)C)NC(=O)CC. The normalized spacial score (nSPS) is 13.2. The molecular weight excluding hydrogens is 264 g/mol. The fraction of sp³-hybridized carbons (Fsp3) is 0.647. The molecule has 1 N–H and O–H groups in total. The number of rotatable bonds is 8. The van der Waals surface area contributed by atoms with E-state index >= 15 is 0 Å². The van der Waals surface area contributed by atoms with Crippen molar-refractivity contribution in [1.29, 1.82) is 0 Å². The highest BCUT2D eigenvalue weighted by molar-refractivity contribution is 5.80. The van der Waals surface area contributed by atoms with E-state index in [2.05, 4.69) is 11.9 Å². The van der Waals surface area contributed by atoms with Crippen LogP contribution >= 0.6 is 0 Å². The summed E-state index contributed by atoms with van der Waals surface area (Å²) in [5.74, 6) is -0.119. The second-order valence-corrected chi connectivity index (χ2v) is 5.87. The van der Waals surface area contributed by atoms with Crippen molar-refractivity contribution in [2.45, 2.75) is 66.5 Å². The Bertz CT molecular complexity index is 390. The third-order valence-electron chi connectivity index (χ3n) is 3.25. The molecule has 0 radical (unpaired) electrons. The molecule has 0 aliphatic carbocycles. The molecule has 0 bridgehead atoms. The number of nitrogens with zero attached hydrogens (tertiary/aromatic N) is 1. The van der Waals surface area contributed by atoms with E-state index in [4.69, 9.17) is 0 Å². The van der Waals surface area contributed by atoms with E-state index in [1.54, 1.807) is 19.1 Å². The Labute approximate surface area is 129 Å². The molecule has 2 amide bonds. The molecule has 0 aromatic heterocycles. The lowest BCUT2D eigenvalue weighted by atomic mass is 10.0. The topological polar surface area (TPSA) is 49.4 Å². The molecule has 0 rings (SSSR count). The molecule has 0 saturated heterocycles. The van der Waals surface area contributed by atoms with Gasteiger partial charge in [0.2, 0.25) is 11.8 Å². The number of carbonyl (C=O) groups excluding carboxylic acids is 2. The highest BCUT2D eigenvalue weighted by atomic mass is 16.2. The minimum absolute atomic E-state index is 0.0488. The first kappa shape index (κ1) is 19.4. The minimum Gasteiger partial charge on any atom is -0.338 e. The molecule has 1 unspecified atom stereocenters. The Balaban J connectivity index is 4.93. The summed E-state index contributed by atoms with van der Waals surface area (Å²) < 4.78 is 0. The summed E-state index contributed by atoms with van der Waals surface area (Å²) in [4.78, 5) is 26.0. The number of allylic oxidation sites excluding steroid dienone is 3. The Morgan fingerprint density at radius 3 is 2.05 bits per heavy atom. The first-order valence-electron chi connectivity index (χ1n) is 7.68. The van der Waals surface area contributed by atoms with E-state index in [-0.39, 0.29) is 29.8 Å². The quantitative estimate of drug-likeness (QED) is 0.699. The molecule has 0 saturated carbocycles. The second-order valence-electron chi connectivity index (χ2n) is 5.87. The number of hydrogen-bond donors (Lipinski definition) is 1. The third kappa shape index (κ3) is 6.61. The zero-order chi connectivity index (χ0) is 16.6. The number of hydrogen-bond acceptors (Lipinski definition) is 2. The second kappa shape index (κ2) is 9.37. The van der Waals surface area contributed by atoms with Crippen LogP contribution in [0.15, 0.2) is 24.4 Å². The molecule has 0 spiro atoms.